The molecule has 8 heteroatoms. The van der Waals surface area contributed by atoms with Crippen molar-refractivity contribution in [1.29, 1.82) is 0 Å². The lowest BCUT2D eigenvalue weighted by Crippen LogP contribution is -2.04. The van der Waals surface area contributed by atoms with E-state index in [4.69, 9.17) is 0 Å². The van der Waals surface area contributed by atoms with Crippen LogP contribution in [0, 0.1) is 0 Å². The minimum Gasteiger partial charge on any atom is -0.244 e. The molecule has 0 radical (unpaired) electrons. The van der Waals surface area contributed by atoms with Crippen LogP contribution in [-0.2, 0) is 6.18 Å². The summed E-state index contributed by atoms with van der Waals surface area (Å²) in [5.74, 6) is 0.288. The van der Waals surface area contributed by atoms with Crippen molar-refractivity contribution in [2.75, 3.05) is 6.26 Å². The summed E-state index contributed by atoms with van der Waals surface area (Å²) in [7, 11) is 0. The summed E-state index contributed by atoms with van der Waals surface area (Å²) in [5.41, 5.74) is -0.810. The molecule has 0 saturated carbocycles. The van der Waals surface area contributed by atoms with Gasteiger partial charge in [0.2, 0.25) is 0 Å². The number of halogens is 3. The molecule has 2 aromatic rings. The first kappa shape index (κ1) is 11.9. The molecule has 0 spiro atoms. The highest BCUT2D eigenvalue weighted by atomic mass is 32.2. The lowest BCUT2D eigenvalue weighted by molar-refractivity contribution is -0.137. The van der Waals surface area contributed by atoms with Crippen molar-refractivity contribution >= 4 is 11.8 Å². The lowest BCUT2D eigenvalue weighted by Gasteiger charge is -2.04. The van der Waals surface area contributed by atoms with Crippen molar-refractivity contribution < 1.29 is 13.2 Å². The third-order valence-corrected chi connectivity index (χ3v) is 2.64. The average molecular weight is 260 g/mol. The minimum absolute atomic E-state index is 0.288. The molecule has 0 aliphatic rings. The standard InChI is InChI=1S/C9H7F3N4S/c1-17-8-7(13-2-3-14-8)16-5-6(4-15-16)9(10,11)12/h2-5H,1H3. The van der Waals surface area contributed by atoms with Gasteiger partial charge in [-0.05, 0) is 6.26 Å². The maximum absolute atomic E-state index is 12.4. The highest BCUT2D eigenvalue weighted by Crippen LogP contribution is 2.29. The third-order valence-electron chi connectivity index (χ3n) is 1.97. The molecule has 0 aliphatic carbocycles. The summed E-state index contributed by atoms with van der Waals surface area (Å²) in [4.78, 5) is 7.97. The van der Waals surface area contributed by atoms with E-state index in [-0.39, 0.29) is 5.82 Å². The second-order valence-electron chi connectivity index (χ2n) is 3.06. The largest absolute Gasteiger partial charge is 0.419 e. The molecular weight excluding hydrogens is 253 g/mol. The van der Waals surface area contributed by atoms with Crippen LogP contribution in [0.2, 0.25) is 0 Å². The summed E-state index contributed by atoms with van der Waals surface area (Å²) in [6.07, 6.45) is 1.90. The van der Waals surface area contributed by atoms with Crippen molar-refractivity contribution in [1.82, 2.24) is 19.7 Å². The highest BCUT2D eigenvalue weighted by molar-refractivity contribution is 7.98. The van der Waals surface area contributed by atoms with E-state index < -0.39 is 11.7 Å². The molecule has 0 fully saturated rings. The molecule has 0 saturated heterocycles. The molecular formula is C9H7F3N4S. The zero-order valence-electron chi connectivity index (χ0n) is 8.64. The Balaban J connectivity index is 2.44. The van der Waals surface area contributed by atoms with Crippen molar-refractivity contribution in [3.05, 3.63) is 30.4 Å². The molecule has 2 rings (SSSR count). The Morgan fingerprint density at radius 1 is 1.24 bits per heavy atom. The van der Waals surface area contributed by atoms with E-state index in [1.807, 2.05) is 0 Å². The van der Waals surface area contributed by atoms with E-state index in [9.17, 15) is 13.2 Å². The van der Waals surface area contributed by atoms with Gasteiger partial charge in [0, 0.05) is 18.6 Å². The van der Waals surface area contributed by atoms with Crippen LogP contribution in [0.1, 0.15) is 5.56 Å². The number of aromatic nitrogens is 4. The number of rotatable bonds is 2. The predicted octanol–water partition coefficient (Wildman–Crippen LogP) is 2.40. The Morgan fingerprint density at radius 3 is 2.53 bits per heavy atom. The van der Waals surface area contributed by atoms with Gasteiger partial charge in [0.05, 0.1) is 11.8 Å². The Hall–Kier alpha value is -1.57. The molecule has 0 aliphatic heterocycles. The predicted molar refractivity (Wildman–Crippen MR) is 55.9 cm³/mol. The molecule has 0 atom stereocenters. The maximum Gasteiger partial charge on any atom is 0.419 e. The molecule has 0 bridgehead atoms. The van der Waals surface area contributed by atoms with Gasteiger partial charge in [-0.3, -0.25) is 0 Å². The van der Waals surface area contributed by atoms with E-state index in [0.29, 0.717) is 5.03 Å². The molecule has 2 heterocycles. The smallest absolute Gasteiger partial charge is 0.244 e. The first-order valence-corrected chi connectivity index (χ1v) is 5.72. The summed E-state index contributed by atoms with van der Waals surface area (Å²) >= 11 is 1.29. The van der Waals surface area contributed by atoms with Gasteiger partial charge in [0.25, 0.3) is 0 Å². The first-order chi connectivity index (χ1) is 8.02. The van der Waals surface area contributed by atoms with E-state index in [1.165, 1.54) is 24.2 Å². The second kappa shape index (κ2) is 4.36. The van der Waals surface area contributed by atoms with Crippen molar-refractivity contribution in [2.24, 2.45) is 0 Å². The van der Waals surface area contributed by atoms with Crippen LogP contribution >= 0.6 is 11.8 Å². The van der Waals surface area contributed by atoms with Crippen LogP contribution in [0.15, 0.2) is 29.8 Å². The van der Waals surface area contributed by atoms with Gasteiger partial charge in [-0.25, -0.2) is 14.6 Å². The number of alkyl halides is 3. The summed E-state index contributed by atoms with van der Waals surface area (Å²) in [6, 6.07) is 0. The maximum atomic E-state index is 12.4. The fourth-order valence-corrected chi connectivity index (χ4v) is 1.70. The molecule has 90 valence electrons. The Bertz CT molecular complexity index is 523. The summed E-state index contributed by atoms with van der Waals surface area (Å²) in [6.45, 7) is 0. The van der Waals surface area contributed by atoms with Gasteiger partial charge in [0.15, 0.2) is 5.82 Å². The quantitative estimate of drug-likeness (QED) is 0.778. The number of nitrogens with zero attached hydrogens (tertiary/aromatic N) is 4. The molecule has 0 N–H and O–H groups in total. The lowest BCUT2D eigenvalue weighted by atomic mass is 10.4. The molecule has 0 aromatic carbocycles. The van der Waals surface area contributed by atoms with E-state index in [1.54, 1.807) is 6.26 Å². The van der Waals surface area contributed by atoms with Gasteiger partial charge >= 0.3 is 6.18 Å². The zero-order chi connectivity index (χ0) is 12.5. The van der Waals surface area contributed by atoms with Crippen LogP contribution < -0.4 is 0 Å². The SMILES string of the molecule is CSc1nccnc1-n1cc(C(F)(F)F)cn1. The van der Waals surface area contributed by atoms with Gasteiger partial charge in [-0.2, -0.15) is 18.3 Å². The summed E-state index contributed by atoms with van der Waals surface area (Å²) < 4.78 is 38.3. The van der Waals surface area contributed by atoms with Gasteiger partial charge in [-0.1, -0.05) is 0 Å². The molecule has 17 heavy (non-hydrogen) atoms. The molecule has 4 nitrogen and oxygen atoms in total. The fourth-order valence-electron chi connectivity index (χ4n) is 1.20. The normalized spacial score (nSPS) is 11.8. The van der Waals surface area contributed by atoms with Crippen LogP contribution in [-0.4, -0.2) is 26.0 Å². The molecule has 0 unspecified atom stereocenters. The van der Waals surface area contributed by atoms with Crippen molar-refractivity contribution in [3.63, 3.8) is 0 Å². The van der Waals surface area contributed by atoms with E-state index >= 15 is 0 Å². The Labute approximate surface area is 98.9 Å². The van der Waals surface area contributed by atoms with E-state index in [0.717, 1.165) is 17.1 Å². The number of thioether (sulfide) groups is 1. The van der Waals surface area contributed by atoms with Gasteiger partial charge < -0.3 is 0 Å². The topological polar surface area (TPSA) is 43.6 Å². The van der Waals surface area contributed by atoms with Gasteiger partial charge in [-0.15, -0.1) is 11.8 Å². The van der Waals surface area contributed by atoms with Crippen LogP contribution in [0.4, 0.5) is 13.2 Å². The highest BCUT2D eigenvalue weighted by Gasteiger charge is 2.32. The molecule has 2 aromatic heterocycles. The van der Waals surface area contributed by atoms with Crippen molar-refractivity contribution in [3.8, 4) is 5.82 Å². The third kappa shape index (κ3) is 2.41. The number of hydrogen-bond acceptors (Lipinski definition) is 4. The second-order valence-corrected chi connectivity index (χ2v) is 3.86. The van der Waals surface area contributed by atoms with Crippen LogP contribution in [0.3, 0.4) is 0 Å². The van der Waals surface area contributed by atoms with E-state index in [2.05, 4.69) is 15.1 Å². The Kier molecular flexibility index (Phi) is 3.05. The monoisotopic (exact) mass is 260 g/mol. The fraction of sp³-hybridized carbons (Fsp3) is 0.222. The number of hydrogen-bond donors (Lipinski definition) is 0. The van der Waals surface area contributed by atoms with Crippen LogP contribution in [0.5, 0.6) is 0 Å². The van der Waals surface area contributed by atoms with Crippen LogP contribution in [0.25, 0.3) is 5.82 Å². The summed E-state index contributed by atoms with van der Waals surface area (Å²) in [5, 5.41) is 4.16. The minimum atomic E-state index is -4.40. The first-order valence-electron chi connectivity index (χ1n) is 4.49. The van der Waals surface area contributed by atoms with Gasteiger partial charge in [0.1, 0.15) is 5.03 Å². The molecule has 0 amide bonds. The zero-order valence-corrected chi connectivity index (χ0v) is 9.46. The average Bonchev–Trinajstić information content (AvgIpc) is 2.77. The van der Waals surface area contributed by atoms with Crippen molar-refractivity contribution in [2.45, 2.75) is 11.2 Å². The Morgan fingerprint density at radius 2 is 1.94 bits per heavy atom.